The first-order chi connectivity index (χ1) is 14.9. The lowest BCUT2D eigenvalue weighted by molar-refractivity contribution is -0.289. The molecule has 0 fully saturated rings. The third-order valence-electron chi connectivity index (χ3n) is 5.25. The summed E-state index contributed by atoms with van der Waals surface area (Å²) in [4.78, 5) is 13.1. The molecule has 8 heteroatoms. The number of hydrogen-bond acceptors (Lipinski definition) is 2. The molecule has 0 aliphatic heterocycles. The predicted octanol–water partition coefficient (Wildman–Crippen LogP) is 6.01. The van der Waals surface area contributed by atoms with Crippen molar-refractivity contribution in [1.82, 2.24) is 4.57 Å². The fourth-order valence-corrected chi connectivity index (χ4v) is 3.55. The quantitative estimate of drug-likeness (QED) is 0.461. The summed E-state index contributed by atoms with van der Waals surface area (Å²) >= 11 is 0. The Kier molecular flexibility index (Phi) is 5.96. The highest BCUT2D eigenvalue weighted by Crippen LogP contribution is 2.45. The average molecular weight is 446 g/mol. The summed E-state index contributed by atoms with van der Waals surface area (Å²) in [6.45, 7) is 5.31. The zero-order chi connectivity index (χ0) is 23.8. The molecule has 0 unspecified atom stereocenters. The smallest absolute Gasteiger partial charge is 0.303 e. The van der Waals surface area contributed by atoms with Gasteiger partial charge >= 0.3 is 12.1 Å². The van der Waals surface area contributed by atoms with Crippen LogP contribution in [0.1, 0.15) is 33.4 Å². The Morgan fingerprint density at radius 2 is 1.59 bits per heavy atom. The van der Waals surface area contributed by atoms with E-state index in [0.29, 0.717) is 11.6 Å². The van der Waals surface area contributed by atoms with Gasteiger partial charge in [0.25, 0.3) is 5.56 Å². The van der Waals surface area contributed by atoms with Crippen LogP contribution in [0.25, 0.3) is 11.3 Å². The van der Waals surface area contributed by atoms with Gasteiger partial charge in [0.2, 0.25) is 0 Å². The minimum Gasteiger partial charge on any atom is -0.303 e. The normalized spacial score (nSPS) is 12.0. The summed E-state index contributed by atoms with van der Waals surface area (Å²) in [6, 6.07) is 13.7. The van der Waals surface area contributed by atoms with Crippen molar-refractivity contribution in [3.8, 4) is 17.3 Å². The number of alkyl halides is 5. The van der Waals surface area contributed by atoms with Gasteiger partial charge in [-0.3, -0.25) is 4.79 Å². The molecule has 3 aromatic rings. The molecule has 0 radical (unpaired) electrons. The lowest BCUT2D eigenvalue weighted by Gasteiger charge is -2.23. The highest BCUT2D eigenvalue weighted by molar-refractivity contribution is 5.64. The summed E-state index contributed by atoms with van der Waals surface area (Å²) in [6.07, 6.45) is -5.96. The van der Waals surface area contributed by atoms with Gasteiger partial charge in [-0.15, -0.1) is 0 Å². The summed E-state index contributed by atoms with van der Waals surface area (Å²) in [5.74, 6) is -5.37. The van der Waals surface area contributed by atoms with Gasteiger partial charge in [0.15, 0.2) is 0 Å². The summed E-state index contributed by atoms with van der Waals surface area (Å²) in [5.41, 5.74) is -0.741. The Balaban J connectivity index is 2.38. The van der Waals surface area contributed by atoms with E-state index < -0.39 is 28.8 Å². The Labute approximate surface area is 181 Å². The number of nitrogens with zero attached hydrogens (tertiary/aromatic N) is 2. The molecular weight excluding hydrogens is 427 g/mol. The van der Waals surface area contributed by atoms with Gasteiger partial charge in [-0.2, -0.15) is 27.2 Å². The van der Waals surface area contributed by atoms with Crippen molar-refractivity contribution in [3.05, 3.63) is 92.3 Å². The molecule has 32 heavy (non-hydrogen) atoms. The largest absolute Gasteiger partial charge is 0.458 e. The fraction of sp³-hybridized carbons (Fsp3) is 0.250. The second kappa shape index (κ2) is 8.23. The molecule has 0 saturated carbocycles. The Morgan fingerprint density at radius 1 is 0.938 bits per heavy atom. The van der Waals surface area contributed by atoms with Crippen molar-refractivity contribution < 1.29 is 22.0 Å². The molecule has 0 amide bonds. The van der Waals surface area contributed by atoms with Crippen LogP contribution in [-0.4, -0.2) is 10.7 Å². The molecular formula is C24H19F5N2O. The van der Waals surface area contributed by atoms with Crippen molar-refractivity contribution in [1.29, 1.82) is 5.26 Å². The monoisotopic (exact) mass is 446 g/mol. The molecule has 0 N–H and O–H groups in total. The Bertz CT molecular complexity index is 1280. The van der Waals surface area contributed by atoms with Crippen LogP contribution >= 0.6 is 0 Å². The standard InChI is InChI=1S/C24H19F5N2O/c1-14-5-4-6-17(10-14)21-11-20(23(25,26)24(27,28)29)19(12-30)22(32)31(21)13-18-8-7-15(2)9-16(18)3/h4-11H,13H2,1-3H3. The maximum Gasteiger partial charge on any atom is 0.458 e. The summed E-state index contributed by atoms with van der Waals surface area (Å²) in [5, 5.41) is 9.35. The van der Waals surface area contributed by atoms with Crippen LogP contribution in [0, 0.1) is 32.1 Å². The highest BCUT2D eigenvalue weighted by atomic mass is 19.4. The van der Waals surface area contributed by atoms with E-state index in [1.165, 1.54) is 12.1 Å². The molecule has 0 saturated heterocycles. The maximum atomic E-state index is 14.3. The van der Waals surface area contributed by atoms with Gasteiger partial charge in [-0.1, -0.05) is 47.5 Å². The minimum absolute atomic E-state index is 0.0965. The van der Waals surface area contributed by atoms with Gasteiger partial charge < -0.3 is 4.57 Å². The second-order valence-electron chi connectivity index (χ2n) is 7.69. The first-order valence-electron chi connectivity index (χ1n) is 9.63. The molecule has 0 atom stereocenters. The summed E-state index contributed by atoms with van der Waals surface area (Å²) < 4.78 is 69.1. The zero-order valence-corrected chi connectivity index (χ0v) is 17.5. The number of aryl methyl sites for hydroxylation is 3. The first kappa shape index (κ1) is 23.2. The maximum absolute atomic E-state index is 14.3. The van der Waals surface area contributed by atoms with Crippen molar-refractivity contribution >= 4 is 0 Å². The number of nitriles is 1. The third-order valence-corrected chi connectivity index (χ3v) is 5.25. The predicted molar refractivity (Wildman–Crippen MR) is 111 cm³/mol. The SMILES string of the molecule is Cc1cccc(-c2cc(C(F)(F)C(F)(F)F)c(C#N)c(=O)n2Cc2ccc(C)cc2C)c1. The number of rotatable bonds is 4. The number of benzene rings is 2. The Morgan fingerprint density at radius 3 is 2.16 bits per heavy atom. The lowest BCUT2D eigenvalue weighted by atomic mass is 9.98. The van der Waals surface area contributed by atoms with Crippen LogP contribution in [0.4, 0.5) is 22.0 Å². The molecule has 166 valence electrons. The van der Waals surface area contributed by atoms with Gasteiger partial charge in [-0.25, -0.2) is 0 Å². The van der Waals surface area contributed by atoms with Crippen molar-refractivity contribution in [2.24, 2.45) is 0 Å². The number of pyridine rings is 1. The Hall–Kier alpha value is -3.47. The van der Waals surface area contributed by atoms with E-state index >= 15 is 0 Å². The molecule has 0 aliphatic carbocycles. The molecule has 2 aromatic carbocycles. The van der Waals surface area contributed by atoms with Crippen LogP contribution < -0.4 is 5.56 Å². The minimum atomic E-state index is -5.96. The van der Waals surface area contributed by atoms with E-state index in [1.807, 2.05) is 13.0 Å². The molecule has 1 heterocycles. The van der Waals surface area contributed by atoms with Crippen LogP contribution in [0.2, 0.25) is 0 Å². The highest BCUT2D eigenvalue weighted by Gasteiger charge is 2.60. The van der Waals surface area contributed by atoms with E-state index in [1.54, 1.807) is 44.2 Å². The number of hydrogen-bond donors (Lipinski definition) is 0. The summed E-state index contributed by atoms with van der Waals surface area (Å²) in [7, 11) is 0. The molecule has 3 rings (SSSR count). The van der Waals surface area contributed by atoms with Crippen LogP contribution in [0.3, 0.4) is 0 Å². The zero-order valence-electron chi connectivity index (χ0n) is 17.5. The number of halogens is 5. The fourth-order valence-electron chi connectivity index (χ4n) is 3.55. The molecule has 0 aliphatic rings. The van der Waals surface area contributed by atoms with Crippen molar-refractivity contribution in [2.45, 2.75) is 39.4 Å². The van der Waals surface area contributed by atoms with Gasteiger partial charge in [0, 0.05) is 0 Å². The number of aromatic nitrogens is 1. The van der Waals surface area contributed by atoms with Gasteiger partial charge in [-0.05, 0) is 49.6 Å². The topological polar surface area (TPSA) is 45.8 Å². The van der Waals surface area contributed by atoms with Gasteiger partial charge in [0.1, 0.15) is 11.6 Å². The van der Waals surface area contributed by atoms with Gasteiger partial charge in [0.05, 0.1) is 17.8 Å². The van der Waals surface area contributed by atoms with E-state index in [9.17, 15) is 32.0 Å². The van der Waals surface area contributed by atoms with Crippen molar-refractivity contribution in [2.75, 3.05) is 0 Å². The molecule has 0 bridgehead atoms. The van der Waals surface area contributed by atoms with Crippen LogP contribution in [-0.2, 0) is 12.5 Å². The first-order valence-corrected chi connectivity index (χ1v) is 9.63. The van der Waals surface area contributed by atoms with E-state index in [-0.39, 0.29) is 17.8 Å². The molecule has 1 aromatic heterocycles. The molecule has 3 nitrogen and oxygen atoms in total. The van der Waals surface area contributed by atoms with E-state index in [4.69, 9.17) is 0 Å². The molecule has 0 spiro atoms. The average Bonchev–Trinajstić information content (AvgIpc) is 2.69. The van der Waals surface area contributed by atoms with Crippen LogP contribution in [0.15, 0.2) is 53.3 Å². The van der Waals surface area contributed by atoms with E-state index in [2.05, 4.69) is 0 Å². The lowest BCUT2D eigenvalue weighted by Crippen LogP contribution is -2.38. The van der Waals surface area contributed by atoms with E-state index in [0.717, 1.165) is 21.3 Å². The third kappa shape index (κ3) is 4.15. The second-order valence-corrected chi connectivity index (χ2v) is 7.69. The van der Waals surface area contributed by atoms with Crippen molar-refractivity contribution in [3.63, 3.8) is 0 Å². The van der Waals surface area contributed by atoms with Crippen LogP contribution in [0.5, 0.6) is 0 Å².